The minimum atomic E-state index is -1.26. The Morgan fingerprint density at radius 3 is 2.00 bits per heavy atom. The molecule has 1 aromatic carbocycles. The Hall–Kier alpha value is -1.67. The molecule has 0 fully saturated rings. The van der Waals surface area contributed by atoms with Crippen LogP contribution in [0.15, 0.2) is 30.4 Å². The Bertz CT molecular complexity index is 665. The average molecular weight is 421 g/mol. The van der Waals surface area contributed by atoms with Crippen molar-refractivity contribution in [2.75, 3.05) is 0 Å². The molecule has 26 heavy (non-hydrogen) atoms. The van der Waals surface area contributed by atoms with Gasteiger partial charge in [-0.1, -0.05) is 55.3 Å². The molecule has 0 saturated carbocycles. The molecule has 0 aliphatic heterocycles. The van der Waals surface area contributed by atoms with Crippen molar-refractivity contribution in [3.05, 3.63) is 46.0 Å². The topological polar surface area (TPSA) is 127 Å². The predicted octanol–water partition coefficient (Wildman–Crippen LogP) is 3.45. The third kappa shape index (κ3) is 9.72. The molecule has 1 aromatic rings. The van der Waals surface area contributed by atoms with Crippen molar-refractivity contribution in [1.82, 2.24) is 0 Å². The maximum atomic E-state index is 9.55. The molecular weight excluding hydrogens is 399 g/mol. The minimum Gasteiger partial charge on any atom is -0.478 e. The van der Waals surface area contributed by atoms with Gasteiger partial charge in [0, 0.05) is 30.5 Å². The van der Waals surface area contributed by atoms with Crippen molar-refractivity contribution in [3.8, 4) is 0 Å². The van der Waals surface area contributed by atoms with Gasteiger partial charge in [-0.2, -0.15) is 0 Å². The summed E-state index contributed by atoms with van der Waals surface area (Å²) in [4.78, 5) is 19.6. The third-order valence-electron chi connectivity index (χ3n) is 3.40. The van der Waals surface area contributed by atoms with Crippen molar-refractivity contribution in [1.29, 1.82) is 0 Å². The SMILES string of the molecule is CC(C)C(N)C(CC(N)=S)c1ccc(Cl)c(Cl)c1.O=C(O)C=CC(=O)O. The number of halogens is 2. The lowest BCUT2D eigenvalue weighted by Crippen LogP contribution is -2.35. The van der Waals surface area contributed by atoms with Crippen LogP contribution in [-0.2, 0) is 9.59 Å². The van der Waals surface area contributed by atoms with Crippen molar-refractivity contribution < 1.29 is 19.8 Å². The van der Waals surface area contributed by atoms with Gasteiger partial charge >= 0.3 is 11.9 Å². The summed E-state index contributed by atoms with van der Waals surface area (Å²) in [7, 11) is 0. The van der Waals surface area contributed by atoms with E-state index < -0.39 is 11.9 Å². The van der Waals surface area contributed by atoms with E-state index in [9.17, 15) is 9.59 Å². The van der Waals surface area contributed by atoms with Gasteiger partial charge in [0.2, 0.25) is 0 Å². The van der Waals surface area contributed by atoms with E-state index in [0.29, 0.717) is 39.5 Å². The van der Waals surface area contributed by atoms with Crippen LogP contribution in [0.25, 0.3) is 0 Å². The van der Waals surface area contributed by atoms with Gasteiger partial charge in [-0.15, -0.1) is 0 Å². The molecule has 0 amide bonds. The first kappa shape index (κ1) is 24.3. The summed E-state index contributed by atoms with van der Waals surface area (Å²) in [6.07, 6.45) is 1.69. The zero-order valence-corrected chi connectivity index (χ0v) is 16.7. The monoisotopic (exact) mass is 420 g/mol. The second kappa shape index (κ2) is 11.9. The Morgan fingerprint density at radius 1 is 1.15 bits per heavy atom. The lowest BCUT2D eigenvalue weighted by Gasteiger charge is -2.27. The van der Waals surface area contributed by atoms with Crippen LogP contribution in [0.3, 0.4) is 0 Å². The molecule has 1 rings (SSSR count). The molecule has 144 valence electrons. The van der Waals surface area contributed by atoms with E-state index in [-0.39, 0.29) is 12.0 Å². The standard InChI is InChI=1S/C13H18Cl2N2S.C4H4O4/c1-7(2)13(17)9(6-12(16)18)8-3-4-10(14)11(15)5-8;5-3(6)1-2-4(7)8/h3-5,7,9,13H,6,17H2,1-2H3,(H2,16,18);1-2H,(H,5,6)(H,7,8). The Balaban J connectivity index is 0.000000660. The van der Waals surface area contributed by atoms with Crippen LogP contribution in [0.2, 0.25) is 10.0 Å². The van der Waals surface area contributed by atoms with E-state index >= 15 is 0 Å². The molecule has 0 spiro atoms. The zero-order valence-electron chi connectivity index (χ0n) is 14.4. The molecule has 0 aliphatic carbocycles. The lowest BCUT2D eigenvalue weighted by molar-refractivity contribution is -0.134. The Kier molecular flexibility index (Phi) is 11.1. The summed E-state index contributed by atoms with van der Waals surface area (Å²) in [5, 5.41) is 16.7. The van der Waals surface area contributed by atoms with Crippen LogP contribution in [0.4, 0.5) is 0 Å². The smallest absolute Gasteiger partial charge is 0.328 e. The molecule has 0 saturated heterocycles. The number of thiocarbonyl (C=S) groups is 1. The molecule has 0 radical (unpaired) electrons. The van der Waals surface area contributed by atoms with Gasteiger partial charge in [0.15, 0.2) is 0 Å². The van der Waals surface area contributed by atoms with Gasteiger partial charge in [-0.3, -0.25) is 0 Å². The van der Waals surface area contributed by atoms with Crippen LogP contribution in [0.5, 0.6) is 0 Å². The fourth-order valence-electron chi connectivity index (χ4n) is 2.04. The van der Waals surface area contributed by atoms with Gasteiger partial charge in [0.05, 0.1) is 15.0 Å². The molecule has 6 nitrogen and oxygen atoms in total. The molecule has 0 aliphatic rings. The van der Waals surface area contributed by atoms with Gasteiger partial charge < -0.3 is 21.7 Å². The van der Waals surface area contributed by atoms with E-state index in [1.807, 2.05) is 12.1 Å². The summed E-state index contributed by atoms with van der Waals surface area (Å²) in [6.45, 7) is 4.16. The van der Waals surface area contributed by atoms with Crippen LogP contribution >= 0.6 is 35.4 Å². The average Bonchev–Trinajstić information content (AvgIpc) is 2.53. The molecule has 0 heterocycles. The molecule has 2 atom stereocenters. The van der Waals surface area contributed by atoms with E-state index in [1.165, 1.54) is 0 Å². The van der Waals surface area contributed by atoms with Gasteiger partial charge in [-0.25, -0.2) is 9.59 Å². The number of nitrogens with two attached hydrogens (primary N) is 2. The largest absolute Gasteiger partial charge is 0.478 e. The number of rotatable bonds is 7. The fraction of sp³-hybridized carbons (Fsp3) is 0.353. The highest BCUT2D eigenvalue weighted by atomic mass is 35.5. The molecule has 0 bridgehead atoms. The Morgan fingerprint density at radius 2 is 1.65 bits per heavy atom. The second-order valence-corrected chi connectivity index (χ2v) is 7.12. The number of benzene rings is 1. The normalized spacial score (nSPS) is 13.0. The quantitative estimate of drug-likeness (QED) is 0.392. The number of carboxylic acid groups (broad SMARTS) is 2. The number of aliphatic carboxylic acids is 2. The Labute approximate surface area is 167 Å². The third-order valence-corrected chi connectivity index (χ3v) is 4.30. The van der Waals surface area contributed by atoms with Gasteiger partial charge in [-0.05, 0) is 23.6 Å². The maximum Gasteiger partial charge on any atom is 0.328 e. The molecule has 9 heteroatoms. The van der Waals surface area contributed by atoms with E-state index in [2.05, 4.69) is 13.8 Å². The lowest BCUT2D eigenvalue weighted by atomic mass is 9.83. The highest BCUT2D eigenvalue weighted by Crippen LogP contribution is 2.31. The fourth-order valence-corrected chi connectivity index (χ4v) is 2.53. The van der Waals surface area contributed by atoms with Gasteiger partial charge in [0.25, 0.3) is 0 Å². The van der Waals surface area contributed by atoms with Crippen molar-refractivity contribution in [3.63, 3.8) is 0 Å². The first-order valence-electron chi connectivity index (χ1n) is 7.58. The first-order valence-corrected chi connectivity index (χ1v) is 8.74. The highest BCUT2D eigenvalue weighted by molar-refractivity contribution is 7.80. The molecule has 6 N–H and O–H groups in total. The molecule has 2 unspecified atom stereocenters. The number of hydrogen-bond acceptors (Lipinski definition) is 4. The van der Waals surface area contributed by atoms with Crippen molar-refractivity contribution in [2.24, 2.45) is 17.4 Å². The highest BCUT2D eigenvalue weighted by Gasteiger charge is 2.23. The van der Waals surface area contributed by atoms with Crippen LogP contribution in [0, 0.1) is 5.92 Å². The number of carboxylic acids is 2. The molecular formula is C17H22Cl2N2O4S. The van der Waals surface area contributed by atoms with Crippen molar-refractivity contribution in [2.45, 2.75) is 32.2 Å². The summed E-state index contributed by atoms with van der Waals surface area (Å²) in [5.74, 6) is -2.11. The summed E-state index contributed by atoms with van der Waals surface area (Å²) in [6, 6.07) is 5.52. The summed E-state index contributed by atoms with van der Waals surface area (Å²) < 4.78 is 0. The first-order chi connectivity index (χ1) is 12.0. The zero-order chi connectivity index (χ0) is 20.4. The van der Waals surface area contributed by atoms with Crippen molar-refractivity contribution >= 4 is 52.3 Å². The van der Waals surface area contributed by atoms with E-state index in [4.69, 9.17) is 57.1 Å². The number of hydrogen-bond donors (Lipinski definition) is 4. The molecule has 0 aromatic heterocycles. The minimum absolute atomic E-state index is 0.0243. The van der Waals surface area contributed by atoms with Crippen LogP contribution in [0.1, 0.15) is 31.7 Å². The van der Waals surface area contributed by atoms with E-state index in [0.717, 1.165) is 5.56 Å². The van der Waals surface area contributed by atoms with Crippen LogP contribution < -0.4 is 11.5 Å². The van der Waals surface area contributed by atoms with Crippen LogP contribution in [-0.4, -0.2) is 33.2 Å². The van der Waals surface area contributed by atoms with Gasteiger partial charge in [0.1, 0.15) is 0 Å². The summed E-state index contributed by atoms with van der Waals surface area (Å²) >= 11 is 17.0. The predicted molar refractivity (Wildman–Crippen MR) is 108 cm³/mol. The summed E-state index contributed by atoms with van der Waals surface area (Å²) in [5.41, 5.74) is 12.9. The maximum absolute atomic E-state index is 9.55. The second-order valence-electron chi connectivity index (χ2n) is 5.78. The number of carbonyl (C=O) groups is 2. The van der Waals surface area contributed by atoms with E-state index in [1.54, 1.807) is 6.07 Å².